The number of aryl methyl sites for hydroxylation is 1. The van der Waals surface area contributed by atoms with Gasteiger partial charge in [0.05, 0.1) is 20.3 Å². The molecule has 0 aromatic heterocycles. The Morgan fingerprint density at radius 2 is 1.80 bits per heavy atom. The fraction of sp³-hybridized carbons (Fsp3) is 0.429. The van der Waals surface area contributed by atoms with E-state index in [1.54, 1.807) is 14.2 Å². The van der Waals surface area contributed by atoms with E-state index in [-0.39, 0.29) is 6.10 Å². The van der Waals surface area contributed by atoms with Gasteiger partial charge in [-0.25, -0.2) is 0 Å². The van der Waals surface area contributed by atoms with Gasteiger partial charge in [0.15, 0.2) is 11.5 Å². The molecule has 0 aliphatic carbocycles. The second kappa shape index (κ2) is 8.37. The molecule has 0 bridgehead atoms. The summed E-state index contributed by atoms with van der Waals surface area (Å²) >= 11 is 0. The molecule has 1 N–H and O–H groups in total. The minimum absolute atomic E-state index is 0.195. The molecular formula is C21H27NO3. The summed E-state index contributed by atoms with van der Waals surface area (Å²) in [6.45, 7) is 4.68. The maximum atomic E-state index is 5.97. The average molecular weight is 341 g/mol. The van der Waals surface area contributed by atoms with Crippen molar-refractivity contribution in [2.45, 2.75) is 26.0 Å². The van der Waals surface area contributed by atoms with E-state index in [0.717, 1.165) is 37.6 Å². The maximum absolute atomic E-state index is 5.97. The van der Waals surface area contributed by atoms with E-state index >= 15 is 0 Å². The van der Waals surface area contributed by atoms with E-state index in [2.05, 4.69) is 42.6 Å². The second-order valence-corrected chi connectivity index (χ2v) is 6.52. The SMILES string of the molecule is COc1cc(C)c(CNC[C@H]2CCO[C@H]2c2ccccc2)cc1OC. The average Bonchev–Trinajstić information content (AvgIpc) is 3.12. The number of ether oxygens (including phenoxy) is 3. The van der Waals surface area contributed by atoms with E-state index in [0.29, 0.717) is 5.92 Å². The molecule has 134 valence electrons. The summed E-state index contributed by atoms with van der Waals surface area (Å²) in [5, 5.41) is 3.60. The molecule has 2 aromatic rings. The van der Waals surface area contributed by atoms with Gasteiger partial charge >= 0.3 is 0 Å². The van der Waals surface area contributed by atoms with Crippen LogP contribution in [0, 0.1) is 12.8 Å². The van der Waals surface area contributed by atoms with E-state index in [1.165, 1.54) is 16.7 Å². The zero-order valence-electron chi connectivity index (χ0n) is 15.2. The monoisotopic (exact) mass is 341 g/mol. The van der Waals surface area contributed by atoms with Crippen LogP contribution in [0.5, 0.6) is 11.5 Å². The molecule has 1 aliphatic rings. The van der Waals surface area contributed by atoms with E-state index in [1.807, 2.05) is 12.1 Å². The molecule has 1 aliphatic heterocycles. The lowest BCUT2D eigenvalue weighted by Gasteiger charge is -2.20. The quantitative estimate of drug-likeness (QED) is 0.830. The maximum Gasteiger partial charge on any atom is 0.161 e. The van der Waals surface area contributed by atoms with Gasteiger partial charge in [0.1, 0.15) is 0 Å². The smallest absolute Gasteiger partial charge is 0.161 e. The summed E-state index contributed by atoms with van der Waals surface area (Å²) in [5.41, 5.74) is 3.70. The van der Waals surface area contributed by atoms with Crippen LogP contribution in [0.15, 0.2) is 42.5 Å². The van der Waals surface area contributed by atoms with Gasteiger partial charge in [0, 0.05) is 25.6 Å². The molecule has 2 atom stereocenters. The number of benzene rings is 2. The van der Waals surface area contributed by atoms with Gasteiger partial charge in [0.2, 0.25) is 0 Å². The summed E-state index contributed by atoms with van der Waals surface area (Å²) < 4.78 is 16.7. The lowest BCUT2D eigenvalue weighted by Crippen LogP contribution is -2.25. The Labute approximate surface area is 150 Å². The zero-order valence-corrected chi connectivity index (χ0v) is 15.2. The summed E-state index contributed by atoms with van der Waals surface area (Å²) in [7, 11) is 3.34. The van der Waals surface area contributed by atoms with Gasteiger partial charge < -0.3 is 19.5 Å². The van der Waals surface area contributed by atoms with Gasteiger partial charge in [-0.15, -0.1) is 0 Å². The highest BCUT2D eigenvalue weighted by molar-refractivity contribution is 5.47. The normalized spacial score (nSPS) is 19.8. The number of nitrogens with one attached hydrogen (secondary N) is 1. The number of methoxy groups -OCH3 is 2. The number of rotatable bonds is 7. The van der Waals surface area contributed by atoms with E-state index in [9.17, 15) is 0 Å². The molecule has 25 heavy (non-hydrogen) atoms. The Hall–Kier alpha value is -2.04. The first-order chi connectivity index (χ1) is 12.2. The van der Waals surface area contributed by atoms with Crippen LogP contribution in [-0.2, 0) is 11.3 Å². The summed E-state index contributed by atoms with van der Waals surface area (Å²) in [5.74, 6) is 2.05. The molecule has 0 spiro atoms. The van der Waals surface area contributed by atoms with Gasteiger partial charge in [-0.2, -0.15) is 0 Å². The van der Waals surface area contributed by atoms with E-state index < -0.39 is 0 Å². The zero-order chi connectivity index (χ0) is 17.6. The van der Waals surface area contributed by atoms with Gasteiger partial charge in [-0.3, -0.25) is 0 Å². The molecule has 0 radical (unpaired) electrons. The Balaban J connectivity index is 1.61. The highest BCUT2D eigenvalue weighted by Gasteiger charge is 2.29. The predicted molar refractivity (Wildman–Crippen MR) is 99.2 cm³/mol. The Morgan fingerprint density at radius 1 is 1.08 bits per heavy atom. The van der Waals surface area contributed by atoms with Gasteiger partial charge in [0.25, 0.3) is 0 Å². The van der Waals surface area contributed by atoms with Crippen molar-refractivity contribution in [2.75, 3.05) is 27.4 Å². The Bertz CT molecular complexity index is 687. The number of hydrogen-bond acceptors (Lipinski definition) is 4. The fourth-order valence-electron chi connectivity index (χ4n) is 3.46. The van der Waals surface area contributed by atoms with Crippen molar-refractivity contribution in [1.29, 1.82) is 0 Å². The summed E-state index contributed by atoms with van der Waals surface area (Å²) in [4.78, 5) is 0. The third-order valence-corrected chi connectivity index (χ3v) is 4.91. The van der Waals surface area contributed by atoms with Crippen LogP contribution in [0.1, 0.15) is 29.2 Å². The van der Waals surface area contributed by atoms with E-state index in [4.69, 9.17) is 14.2 Å². The van der Waals surface area contributed by atoms with Crippen LogP contribution < -0.4 is 14.8 Å². The van der Waals surface area contributed by atoms with Crippen LogP contribution in [0.25, 0.3) is 0 Å². The van der Waals surface area contributed by atoms with Crippen molar-refractivity contribution in [3.63, 3.8) is 0 Å². The fourth-order valence-corrected chi connectivity index (χ4v) is 3.46. The van der Waals surface area contributed by atoms with Crippen LogP contribution in [0.4, 0.5) is 0 Å². The molecule has 1 heterocycles. The third kappa shape index (κ3) is 4.14. The molecule has 4 heteroatoms. The molecule has 0 amide bonds. The Morgan fingerprint density at radius 3 is 2.52 bits per heavy atom. The highest BCUT2D eigenvalue weighted by atomic mass is 16.5. The molecule has 1 saturated heterocycles. The molecule has 4 nitrogen and oxygen atoms in total. The van der Waals surface area contributed by atoms with Crippen molar-refractivity contribution in [3.8, 4) is 11.5 Å². The van der Waals surface area contributed by atoms with Crippen molar-refractivity contribution < 1.29 is 14.2 Å². The summed E-state index contributed by atoms with van der Waals surface area (Å²) in [6.07, 6.45) is 1.29. The van der Waals surface area contributed by atoms with Crippen molar-refractivity contribution in [2.24, 2.45) is 5.92 Å². The number of hydrogen-bond donors (Lipinski definition) is 1. The molecule has 1 fully saturated rings. The van der Waals surface area contributed by atoms with Gasteiger partial charge in [-0.05, 0) is 42.2 Å². The molecule has 0 saturated carbocycles. The van der Waals surface area contributed by atoms with Crippen LogP contribution >= 0.6 is 0 Å². The lowest BCUT2D eigenvalue weighted by atomic mass is 9.95. The van der Waals surface area contributed by atoms with Gasteiger partial charge in [-0.1, -0.05) is 30.3 Å². The first kappa shape index (κ1) is 17.8. The Kier molecular flexibility index (Phi) is 5.95. The third-order valence-electron chi connectivity index (χ3n) is 4.91. The molecule has 0 unspecified atom stereocenters. The predicted octanol–water partition coefficient (Wildman–Crippen LogP) is 3.88. The standard InChI is InChI=1S/C21H27NO3/c1-15-11-19(23-2)20(24-3)12-18(15)14-22-13-17-9-10-25-21(17)16-7-5-4-6-8-16/h4-8,11-12,17,21-22H,9-10,13-14H2,1-3H3/t17-,21+/m1/s1. The second-order valence-electron chi connectivity index (χ2n) is 6.52. The minimum Gasteiger partial charge on any atom is -0.493 e. The molecular weight excluding hydrogens is 314 g/mol. The van der Waals surface area contributed by atoms with Crippen molar-refractivity contribution in [3.05, 3.63) is 59.2 Å². The summed E-state index contributed by atoms with van der Waals surface area (Å²) in [6, 6.07) is 14.6. The van der Waals surface area contributed by atoms with Crippen molar-refractivity contribution in [1.82, 2.24) is 5.32 Å². The molecule has 2 aromatic carbocycles. The first-order valence-electron chi connectivity index (χ1n) is 8.81. The van der Waals surface area contributed by atoms with Crippen molar-refractivity contribution >= 4 is 0 Å². The topological polar surface area (TPSA) is 39.7 Å². The highest BCUT2D eigenvalue weighted by Crippen LogP contribution is 2.34. The van der Waals surface area contributed by atoms with Crippen LogP contribution in [-0.4, -0.2) is 27.4 Å². The van der Waals surface area contributed by atoms with Crippen LogP contribution in [0.2, 0.25) is 0 Å². The minimum atomic E-state index is 0.195. The van der Waals surface area contributed by atoms with Crippen LogP contribution in [0.3, 0.4) is 0 Å². The largest absolute Gasteiger partial charge is 0.493 e. The molecule has 3 rings (SSSR count). The first-order valence-corrected chi connectivity index (χ1v) is 8.81. The lowest BCUT2D eigenvalue weighted by molar-refractivity contribution is 0.0904.